The van der Waals surface area contributed by atoms with Crippen LogP contribution in [-0.4, -0.2) is 66.5 Å². The molecule has 1 rings (SSSR count). The molecule has 1 fully saturated rings. The van der Waals surface area contributed by atoms with E-state index >= 15 is 0 Å². The zero-order chi connectivity index (χ0) is 15.6. The van der Waals surface area contributed by atoms with Gasteiger partial charge in [0.15, 0.2) is 0 Å². The molecule has 0 aromatic rings. The summed E-state index contributed by atoms with van der Waals surface area (Å²) in [5.74, 6) is -2.08. The molecule has 1 aliphatic heterocycles. The van der Waals surface area contributed by atoms with Gasteiger partial charge in [-0.15, -0.1) is 0 Å². The maximum absolute atomic E-state index is 12.0. The molecule has 1 amide bonds. The van der Waals surface area contributed by atoms with E-state index in [1.165, 1.54) is 9.21 Å². The number of amides is 1. The van der Waals surface area contributed by atoms with Crippen molar-refractivity contribution in [2.45, 2.75) is 27.2 Å². The molecule has 0 bridgehead atoms. The van der Waals surface area contributed by atoms with Crippen molar-refractivity contribution in [3.8, 4) is 0 Å². The van der Waals surface area contributed by atoms with Gasteiger partial charge in [0.25, 0.3) is 0 Å². The van der Waals surface area contributed by atoms with Crippen molar-refractivity contribution in [3.05, 3.63) is 0 Å². The van der Waals surface area contributed by atoms with E-state index in [9.17, 15) is 18.0 Å². The highest BCUT2D eigenvalue weighted by molar-refractivity contribution is 7.89. The first-order chi connectivity index (χ1) is 9.16. The Morgan fingerprint density at radius 3 is 2.25 bits per heavy atom. The second-order valence-electron chi connectivity index (χ2n) is 5.27. The highest BCUT2D eigenvalue weighted by Crippen LogP contribution is 2.30. The first-order valence-corrected chi connectivity index (χ1v) is 8.26. The fourth-order valence-corrected chi connectivity index (χ4v) is 3.77. The number of carbonyl (C=O) groups excluding carboxylic acids is 1. The minimum absolute atomic E-state index is 0.0644. The van der Waals surface area contributed by atoms with E-state index in [1.54, 1.807) is 20.8 Å². The predicted octanol–water partition coefficient (Wildman–Crippen LogP) is -0.0188. The van der Waals surface area contributed by atoms with Crippen LogP contribution in [0.2, 0.25) is 0 Å². The van der Waals surface area contributed by atoms with Gasteiger partial charge in [0.05, 0.1) is 5.41 Å². The summed E-state index contributed by atoms with van der Waals surface area (Å²) < 4.78 is 25.3. The monoisotopic (exact) mass is 306 g/mol. The number of nitrogens with zero attached hydrogens (tertiary/aromatic N) is 2. The summed E-state index contributed by atoms with van der Waals surface area (Å²) in [6, 6.07) is 0. The maximum Gasteiger partial charge on any atom is 0.311 e. The lowest BCUT2D eigenvalue weighted by Crippen LogP contribution is -2.42. The second-order valence-corrected chi connectivity index (χ2v) is 7.24. The van der Waals surface area contributed by atoms with Crippen molar-refractivity contribution in [1.29, 1.82) is 0 Å². The third kappa shape index (κ3) is 3.49. The van der Waals surface area contributed by atoms with E-state index < -0.39 is 33.1 Å². The number of rotatable bonds is 6. The Morgan fingerprint density at radius 2 is 1.85 bits per heavy atom. The summed E-state index contributed by atoms with van der Waals surface area (Å²) in [7, 11) is -3.62. The van der Waals surface area contributed by atoms with Crippen LogP contribution in [0.1, 0.15) is 27.2 Å². The van der Waals surface area contributed by atoms with E-state index in [2.05, 4.69) is 0 Å². The van der Waals surface area contributed by atoms with Crippen molar-refractivity contribution in [2.75, 3.05) is 31.9 Å². The van der Waals surface area contributed by atoms with Gasteiger partial charge >= 0.3 is 5.97 Å². The van der Waals surface area contributed by atoms with Crippen LogP contribution >= 0.6 is 0 Å². The fourth-order valence-electron chi connectivity index (χ4n) is 2.30. The van der Waals surface area contributed by atoms with Gasteiger partial charge in [-0.25, -0.2) is 12.7 Å². The van der Waals surface area contributed by atoms with E-state index in [1.807, 2.05) is 0 Å². The molecule has 1 aliphatic rings. The van der Waals surface area contributed by atoms with Crippen LogP contribution in [0.3, 0.4) is 0 Å². The van der Waals surface area contributed by atoms with Crippen LogP contribution in [0.4, 0.5) is 0 Å². The number of carboxylic acid groups (broad SMARTS) is 1. The van der Waals surface area contributed by atoms with Crippen LogP contribution < -0.4 is 0 Å². The van der Waals surface area contributed by atoms with Crippen LogP contribution in [0.5, 0.6) is 0 Å². The van der Waals surface area contributed by atoms with Crippen molar-refractivity contribution >= 4 is 21.9 Å². The average molecular weight is 306 g/mol. The number of carboxylic acids is 1. The molecule has 1 atom stereocenters. The molecule has 0 unspecified atom stereocenters. The molecule has 0 aromatic carbocycles. The molecule has 20 heavy (non-hydrogen) atoms. The second kappa shape index (κ2) is 6.09. The normalized spacial score (nSPS) is 23.3. The van der Waals surface area contributed by atoms with E-state index in [0.717, 1.165) is 0 Å². The van der Waals surface area contributed by atoms with Crippen molar-refractivity contribution in [3.63, 3.8) is 0 Å². The summed E-state index contributed by atoms with van der Waals surface area (Å²) in [6.07, 6.45) is 0.347. The van der Waals surface area contributed by atoms with Gasteiger partial charge in [-0.05, 0) is 13.3 Å². The number of hydrogen-bond acceptors (Lipinski definition) is 4. The number of likely N-dealkylation sites (tertiary alicyclic amines) is 1. The topological polar surface area (TPSA) is 95.0 Å². The minimum atomic E-state index is -3.62. The Hall–Kier alpha value is -1.15. The average Bonchev–Trinajstić information content (AvgIpc) is 2.74. The molecular formula is C12H22N2O5S. The van der Waals surface area contributed by atoms with E-state index in [4.69, 9.17) is 5.11 Å². The van der Waals surface area contributed by atoms with Crippen molar-refractivity contribution in [2.24, 2.45) is 5.41 Å². The summed E-state index contributed by atoms with van der Waals surface area (Å²) in [4.78, 5) is 24.5. The van der Waals surface area contributed by atoms with Crippen LogP contribution in [-0.2, 0) is 19.6 Å². The number of hydrogen-bond donors (Lipinski definition) is 1. The van der Waals surface area contributed by atoms with Gasteiger partial charge in [0, 0.05) is 26.2 Å². The molecule has 116 valence electrons. The molecule has 1 saturated heterocycles. The third-order valence-electron chi connectivity index (χ3n) is 3.75. The molecule has 1 heterocycles. The molecule has 0 radical (unpaired) electrons. The Kier molecular flexibility index (Phi) is 5.15. The van der Waals surface area contributed by atoms with Crippen LogP contribution in [0.25, 0.3) is 0 Å². The first-order valence-electron chi connectivity index (χ1n) is 6.65. The molecule has 0 spiro atoms. The number of carbonyl (C=O) groups is 2. The quantitative estimate of drug-likeness (QED) is 0.744. The number of aliphatic carboxylic acids is 1. The lowest BCUT2D eigenvalue weighted by Gasteiger charge is -2.22. The Bertz CT molecular complexity index is 486. The predicted molar refractivity (Wildman–Crippen MR) is 73.6 cm³/mol. The molecule has 0 saturated carbocycles. The molecule has 7 nitrogen and oxygen atoms in total. The Labute approximate surface area is 119 Å². The van der Waals surface area contributed by atoms with Crippen LogP contribution in [0, 0.1) is 5.41 Å². The lowest BCUT2D eigenvalue weighted by molar-refractivity contribution is -0.147. The fraction of sp³-hybridized carbons (Fsp3) is 0.833. The first kappa shape index (κ1) is 16.9. The van der Waals surface area contributed by atoms with E-state index in [-0.39, 0.29) is 13.1 Å². The summed E-state index contributed by atoms with van der Waals surface area (Å²) in [5, 5.41) is 9.10. The lowest BCUT2D eigenvalue weighted by atomic mass is 9.90. The zero-order valence-corrected chi connectivity index (χ0v) is 12.9. The largest absolute Gasteiger partial charge is 0.481 e. The molecular weight excluding hydrogens is 284 g/mol. The molecule has 1 N–H and O–H groups in total. The maximum atomic E-state index is 12.0. The van der Waals surface area contributed by atoms with E-state index in [0.29, 0.717) is 19.5 Å². The van der Waals surface area contributed by atoms with Gasteiger partial charge in [0.1, 0.15) is 5.75 Å². The van der Waals surface area contributed by atoms with Gasteiger partial charge in [0.2, 0.25) is 15.9 Å². The van der Waals surface area contributed by atoms with Gasteiger partial charge in [-0.2, -0.15) is 0 Å². The van der Waals surface area contributed by atoms with Gasteiger partial charge in [-0.3, -0.25) is 9.59 Å². The summed E-state index contributed by atoms with van der Waals surface area (Å²) in [6.45, 7) is 5.98. The minimum Gasteiger partial charge on any atom is -0.481 e. The summed E-state index contributed by atoms with van der Waals surface area (Å²) >= 11 is 0. The standard InChI is InChI=1S/C12H22N2O5S/c1-4-14(5-2)20(18,19)8-10(15)13-7-6-12(3,9-13)11(16)17/h4-9H2,1-3H3,(H,16,17)/t12-/m0/s1. The molecule has 8 heteroatoms. The SMILES string of the molecule is CCN(CC)S(=O)(=O)CC(=O)N1CC[C@](C)(C(=O)O)C1. The highest BCUT2D eigenvalue weighted by Gasteiger charge is 2.42. The van der Waals surface area contributed by atoms with Gasteiger partial charge < -0.3 is 10.0 Å². The van der Waals surface area contributed by atoms with Crippen molar-refractivity contribution < 1.29 is 23.1 Å². The van der Waals surface area contributed by atoms with Crippen LogP contribution in [0.15, 0.2) is 0 Å². The zero-order valence-electron chi connectivity index (χ0n) is 12.1. The Morgan fingerprint density at radius 1 is 1.30 bits per heavy atom. The Balaban J connectivity index is 2.72. The smallest absolute Gasteiger partial charge is 0.311 e. The highest BCUT2D eigenvalue weighted by atomic mass is 32.2. The molecule has 0 aromatic heterocycles. The molecule has 0 aliphatic carbocycles. The van der Waals surface area contributed by atoms with Gasteiger partial charge in [-0.1, -0.05) is 13.8 Å². The van der Waals surface area contributed by atoms with Crippen molar-refractivity contribution in [1.82, 2.24) is 9.21 Å². The number of sulfonamides is 1. The third-order valence-corrected chi connectivity index (χ3v) is 5.66. The summed E-state index contributed by atoms with van der Waals surface area (Å²) in [5.41, 5.74) is -0.978.